The molecule has 0 aliphatic rings. The van der Waals surface area contributed by atoms with Crippen LogP contribution in [0.25, 0.3) is 0 Å². The van der Waals surface area contributed by atoms with E-state index in [-0.39, 0.29) is 24.0 Å². The number of aromatic nitrogens is 1. The summed E-state index contributed by atoms with van der Waals surface area (Å²) in [5, 5.41) is 9.74. The van der Waals surface area contributed by atoms with Crippen molar-refractivity contribution in [1.29, 1.82) is 0 Å². The van der Waals surface area contributed by atoms with Crippen LogP contribution in [0.2, 0.25) is 0 Å². The van der Waals surface area contributed by atoms with Crippen LogP contribution < -0.4 is 15.4 Å². The molecule has 0 radical (unpaired) electrons. The molecule has 0 unspecified atom stereocenters. The maximum absolute atomic E-state index is 5.74. The maximum Gasteiger partial charge on any atom is 0.191 e. The van der Waals surface area contributed by atoms with Crippen LogP contribution in [0.1, 0.15) is 23.2 Å². The van der Waals surface area contributed by atoms with Gasteiger partial charge in [-0.1, -0.05) is 12.1 Å². The molecule has 1 aromatic heterocycles. The number of halogens is 1. The highest BCUT2D eigenvalue weighted by Crippen LogP contribution is 2.11. The standard InChI is InChI=1S/C18H26N4OS.HI/c1-4-19-18(20-9-8-16-13-24-15(3)22-16)21-10-11-23-17-7-5-6-14(2)12-17;/h5-7,12-13H,4,8-11H2,1-3H3,(H2,19,20,21);1H. The van der Waals surface area contributed by atoms with Gasteiger partial charge < -0.3 is 15.4 Å². The molecule has 2 N–H and O–H groups in total. The molecule has 2 rings (SSSR count). The van der Waals surface area contributed by atoms with E-state index in [1.165, 1.54) is 5.56 Å². The Morgan fingerprint density at radius 1 is 1.28 bits per heavy atom. The second kappa shape index (κ2) is 12.1. The molecule has 0 amide bonds. The third kappa shape index (κ3) is 8.53. The van der Waals surface area contributed by atoms with Crippen molar-refractivity contribution in [3.63, 3.8) is 0 Å². The zero-order valence-electron chi connectivity index (χ0n) is 15.0. The van der Waals surface area contributed by atoms with E-state index in [1.807, 2.05) is 25.1 Å². The highest BCUT2D eigenvalue weighted by molar-refractivity contribution is 14.0. The smallest absolute Gasteiger partial charge is 0.191 e. The van der Waals surface area contributed by atoms with Crippen LogP contribution in [-0.4, -0.2) is 37.2 Å². The first-order chi connectivity index (χ1) is 11.7. The van der Waals surface area contributed by atoms with Gasteiger partial charge in [0, 0.05) is 24.9 Å². The van der Waals surface area contributed by atoms with Gasteiger partial charge in [-0.2, -0.15) is 0 Å². The van der Waals surface area contributed by atoms with Crippen LogP contribution in [0.3, 0.4) is 0 Å². The van der Waals surface area contributed by atoms with Crippen LogP contribution in [0.15, 0.2) is 34.6 Å². The molecule has 0 aliphatic heterocycles. The number of hydrogen-bond donors (Lipinski definition) is 2. The number of aryl methyl sites for hydroxylation is 2. The zero-order chi connectivity index (χ0) is 17.2. The Balaban J connectivity index is 0.00000312. The van der Waals surface area contributed by atoms with Gasteiger partial charge in [0.05, 0.1) is 17.2 Å². The van der Waals surface area contributed by atoms with Crippen LogP contribution in [0, 0.1) is 13.8 Å². The molecular weight excluding hydrogens is 447 g/mol. The van der Waals surface area contributed by atoms with Gasteiger partial charge in [0.1, 0.15) is 12.4 Å². The van der Waals surface area contributed by atoms with Crippen LogP contribution >= 0.6 is 35.3 Å². The minimum Gasteiger partial charge on any atom is -0.492 e. The normalized spacial score (nSPS) is 10.9. The largest absolute Gasteiger partial charge is 0.492 e. The molecule has 1 aromatic carbocycles. The van der Waals surface area contributed by atoms with Gasteiger partial charge >= 0.3 is 0 Å². The molecule has 0 fully saturated rings. The molecule has 25 heavy (non-hydrogen) atoms. The molecule has 2 aromatic rings. The summed E-state index contributed by atoms with van der Waals surface area (Å²) in [4.78, 5) is 9.04. The summed E-state index contributed by atoms with van der Waals surface area (Å²) < 4.78 is 5.74. The number of nitrogens with zero attached hydrogens (tertiary/aromatic N) is 2. The Bertz CT molecular complexity index is 660. The summed E-state index contributed by atoms with van der Waals surface area (Å²) in [5.74, 6) is 1.72. The first-order valence-corrected chi connectivity index (χ1v) is 9.18. The van der Waals surface area contributed by atoms with E-state index in [4.69, 9.17) is 4.74 Å². The molecular formula is C18H27IN4OS. The molecule has 0 aliphatic carbocycles. The lowest BCUT2D eigenvalue weighted by Gasteiger charge is -2.12. The first kappa shape index (κ1) is 21.7. The van der Waals surface area contributed by atoms with Gasteiger partial charge in [0.2, 0.25) is 0 Å². The fourth-order valence-corrected chi connectivity index (χ4v) is 2.84. The van der Waals surface area contributed by atoms with E-state index in [2.05, 4.69) is 45.9 Å². The molecule has 0 saturated carbocycles. The summed E-state index contributed by atoms with van der Waals surface area (Å²) >= 11 is 1.68. The summed E-state index contributed by atoms with van der Waals surface area (Å²) in [7, 11) is 0. The summed E-state index contributed by atoms with van der Waals surface area (Å²) in [6.45, 7) is 9.00. The van der Waals surface area contributed by atoms with Crippen LogP contribution in [0.4, 0.5) is 0 Å². The van der Waals surface area contributed by atoms with Crippen molar-refractivity contribution in [2.45, 2.75) is 27.2 Å². The molecule has 0 spiro atoms. The summed E-state index contributed by atoms with van der Waals surface area (Å²) in [5.41, 5.74) is 2.31. The van der Waals surface area contributed by atoms with E-state index in [0.717, 1.165) is 41.9 Å². The monoisotopic (exact) mass is 474 g/mol. The second-order valence-corrected chi connectivity index (χ2v) is 6.52. The van der Waals surface area contributed by atoms with Gasteiger partial charge in [-0.25, -0.2) is 4.98 Å². The van der Waals surface area contributed by atoms with Crippen molar-refractivity contribution in [3.8, 4) is 5.75 Å². The highest BCUT2D eigenvalue weighted by Gasteiger charge is 2.00. The average Bonchev–Trinajstić information content (AvgIpc) is 2.97. The van der Waals surface area contributed by atoms with E-state index in [9.17, 15) is 0 Å². The summed E-state index contributed by atoms with van der Waals surface area (Å²) in [6.07, 6.45) is 0.862. The molecule has 5 nitrogen and oxygen atoms in total. The number of thiazole rings is 1. The van der Waals surface area contributed by atoms with Crippen molar-refractivity contribution in [2.24, 2.45) is 4.99 Å². The predicted octanol–water partition coefficient (Wildman–Crippen LogP) is 3.55. The molecule has 138 valence electrons. The van der Waals surface area contributed by atoms with Gasteiger partial charge in [-0.3, -0.25) is 4.99 Å². The lowest BCUT2D eigenvalue weighted by molar-refractivity contribution is 0.321. The van der Waals surface area contributed by atoms with Crippen molar-refractivity contribution < 1.29 is 4.74 Å². The maximum atomic E-state index is 5.74. The number of nitrogens with one attached hydrogen (secondary N) is 2. The van der Waals surface area contributed by atoms with E-state index in [1.54, 1.807) is 11.3 Å². The van der Waals surface area contributed by atoms with Gasteiger partial charge in [-0.15, -0.1) is 35.3 Å². The third-order valence-electron chi connectivity index (χ3n) is 3.30. The van der Waals surface area contributed by atoms with Crippen molar-refractivity contribution in [3.05, 3.63) is 45.9 Å². The fraction of sp³-hybridized carbons (Fsp3) is 0.444. The minimum absolute atomic E-state index is 0. The molecule has 0 bridgehead atoms. The number of guanidine groups is 1. The van der Waals surface area contributed by atoms with Gasteiger partial charge in [-0.05, 0) is 38.5 Å². The molecule has 7 heteroatoms. The summed E-state index contributed by atoms with van der Waals surface area (Å²) in [6, 6.07) is 8.08. The van der Waals surface area contributed by atoms with E-state index in [0.29, 0.717) is 13.2 Å². The quantitative estimate of drug-likeness (QED) is 0.266. The number of aliphatic imine (C=N–C) groups is 1. The van der Waals surface area contributed by atoms with Crippen molar-refractivity contribution in [2.75, 3.05) is 26.2 Å². The minimum atomic E-state index is 0. The highest BCUT2D eigenvalue weighted by atomic mass is 127. The molecule has 1 heterocycles. The number of benzene rings is 1. The molecule has 0 atom stereocenters. The number of ether oxygens (including phenoxy) is 1. The predicted molar refractivity (Wildman–Crippen MR) is 117 cm³/mol. The van der Waals surface area contributed by atoms with Gasteiger partial charge in [0.15, 0.2) is 5.96 Å². The van der Waals surface area contributed by atoms with Crippen molar-refractivity contribution >= 4 is 41.3 Å². The Morgan fingerprint density at radius 3 is 2.80 bits per heavy atom. The molecule has 0 saturated heterocycles. The lowest BCUT2D eigenvalue weighted by atomic mass is 10.2. The lowest BCUT2D eigenvalue weighted by Crippen LogP contribution is -2.39. The second-order valence-electron chi connectivity index (χ2n) is 5.46. The average molecular weight is 474 g/mol. The first-order valence-electron chi connectivity index (χ1n) is 8.30. The SMILES string of the molecule is CCNC(=NCCc1csc(C)n1)NCCOc1cccc(C)c1.I. The van der Waals surface area contributed by atoms with E-state index < -0.39 is 0 Å². The Morgan fingerprint density at radius 2 is 2.12 bits per heavy atom. The van der Waals surface area contributed by atoms with Crippen molar-refractivity contribution in [1.82, 2.24) is 15.6 Å². The Hall–Kier alpha value is -1.35. The third-order valence-corrected chi connectivity index (χ3v) is 4.12. The fourth-order valence-electron chi connectivity index (χ4n) is 2.19. The van der Waals surface area contributed by atoms with E-state index >= 15 is 0 Å². The zero-order valence-corrected chi connectivity index (χ0v) is 18.2. The Labute approximate surface area is 171 Å². The topological polar surface area (TPSA) is 58.5 Å². The Kier molecular flexibility index (Phi) is 10.5. The number of rotatable bonds is 8. The number of hydrogen-bond acceptors (Lipinski definition) is 4. The van der Waals surface area contributed by atoms with Crippen LogP contribution in [0.5, 0.6) is 5.75 Å². The van der Waals surface area contributed by atoms with Gasteiger partial charge in [0.25, 0.3) is 0 Å². The van der Waals surface area contributed by atoms with Crippen LogP contribution in [-0.2, 0) is 6.42 Å².